The number of aliphatic hydroxyl groups is 1. The number of rotatable bonds is 7. The van der Waals surface area contributed by atoms with E-state index >= 15 is 0 Å². The average Bonchev–Trinajstić information content (AvgIpc) is 2.55. The van der Waals surface area contributed by atoms with Gasteiger partial charge in [0.15, 0.2) is 0 Å². The van der Waals surface area contributed by atoms with Crippen molar-refractivity contribution in [2.45, 2.75) is 19.9 Å². The number of nitrogens with zero attached hydrogens (tertiary/aromatic N) is 2. The summed E-state index contributed by atoms with van der Waals surface area (Å²) in [6, 6.07) is 10.2. The lowest BCUT2D eigenvalue weighted by Crippen LogP contribution is -2.21. The van der Waals surface area contributed by atoms with E-state index in [2.05, 4.69) is 30.2 Å². The lowest BCUT2D eigenvalue weighted by molar-refractivity contribution is 0.304. The number of hydrogen-bond donors (Lipinski definition) is 2. The third-order valence-corrected chi connectivity index (χ3v) is 3.84. The third-order valence-electron chi connectivity index (χ3n) is 3.84. The zero-order valence-corrected chi connectivity index (χ0v) is 14.2. The first-order valence-electron chi connectivity index (χ1n) is 7.74. The predicted octanol–water partition coefficient (Wildman–Crippen LogP) is 3.00. The summed E-state index contributed by atoms with van der Waals surface area (Å²) in [7, 11) is 3.62. The molecule has 2 rings (SSSR count). The normalized spacial score (nSPS) is 11.9. The van der Waals surface area contributed by atoms with Crippen LogP contribution in [0.15, 0.2) is 36.5 Å². The Bertz CT molecular complexity index is 629. The van der Waals surface area contributed by atoms with Crippen LogP contribution in [0.2, 0.25) is 0 Å². The maximum Gasteiger partial charge on any atom is 0.126 e. The topological polar surface area (TPSA) is 57.6 Å². The maximum absolute atomic E-state index is 8.98. The van der Waals surface area contributed by atoms with Crippen LogP contribution >= 0.6 is 0 Å². The van der Waals surface area contributed by atoms with Crippen molar-refractivity contribution in [3.05, 3.63) is 47.7 Å². The molecule has 5 nitrogen and oxygen atoms in total. The number of nitrogens with one attached hydrogen (secondary N) is 1. The number of ether oxygens (including phenoxy) is 1. The Morgan fingerprint density at radius 3 is 2.70 bits per heavy atom. The van der Waals surface area contributed by atoms with E-state index in [0.29, 0.717) is 6.54 Å². The number of likely N-dealkylation sites (N-methyl/N-ethyl adjacent to an activating group) is 1. The number of pyridine rings is 1. The molecule has 1 heterocycles. The van der Waals surface area contributed by atoms with E-state index in [-0.39, 0.29) is 12.6 Å². The summed E-state index contributed by atoms with van der Waals surface area (Å²) in [5.41, 5.74) is 3.28. The minimum Gasteiger partial charge on any atom is -0.496 e. The molecule has 0 aliphatic rings. The Morgan fingerprint density at radius 2 is 2.09 bits per heavy atom. The van der Waals surface area contributed by atoms with Gasteiger partial charge < -0.3 is 20.1 Å². The quantitative estimate of drug-likeness (QED) is 0.822. The highest BCUT2D eigenvalue weighted by molar-refractivity contribution is 5.50. The van der Waals surface area contributed by atoms with Gasteiger partial charge in [-0.2, -0.15) is 0 Å². The minimum atomic E-state index is 0.0818. The second-order valence-electron chi connectivity index (χ2n) is 5.66. The lowest BCUT2D eigenvalue weighted by atomic mass is 10.0. The number of aromatic nitrogens is 1. The van der Waals surface area contributed by atoms with Crippen molar-refractivity contribution in [3.63, 3.8) is 0 Å². The van der Waals surface area contributed by atoms with Gasteiger partial charge >= 0.3 is 0 Å². The number of anilines is 2. The molecule has 0 aliphatic carbocycles. The predicted molar refractivity (Wildman–Crippen MR) is 94.4 cm³/mol. The van der Waals surface area contributed by atoms with Crippen molar-refractivity contribution in [2.75, 3.05) is 37.5 Å². The van der Waals surface area contributed by atoms with Gasteiger partial charge in [-0.05, 0) is 32.0 Å². The second kappa shape index (κ2) is 7.83. The highest BCUT2D eigenvalue weighted by Crippen LogP contribution is 2.28. The first-order valence-corrected chi connectivity index (χ1v) is 7.74. The number of aryl methyl sites for hydroxylation is 1. The molecule has 1 unspecified atom stereocenters. The molecule has 0 bridgehead atoms. The zero-order valence-electron chi connectivity index (χ0n) is 14.2. The van der Waals surface area contributed by atoms with Gasteiger partial charge in [-0.25, -0.2) is 4.98 Å². The standard InChI is InChI=1S/C18H25N3O2/c1-13-5-7-17(23-4)16(11-13)14(2)20-18-8-6-15(12-19-18)21(3)9-10-22/h5-8,11-12,14,22H,9-10H2,1-4H3,(H,19,20). The average molecular weight is 315 g/mol. The summed E-state index contributed by atoms with van der Waals surface area (Å²) in [4.78, 5) is 6.41. The molecule has 0 spiro atoms. The summed E-state index contributed by atoms with van der Waals surface area (Å²) in [6.07, 6.45) is 1.80. The fourth-order valence-electron chi connectivity index (χ4n) is 2.47. The van der Waals surface area contributed by atoms with Crippen molar-refractivity contribution >= 4 is 11.5 Å². The zero-order chi connectivity index (χ0) is 16.8. The Hall–Kier alpha value is -2.27. The first-order chi connectivity index (χ1) is 11.0. The Balaban J connectivity index is 2.11. The molecule has 2 N–H and O–H groups in total. The van der Waals surface area contributed by atoms with Crippen LogP contribution < -0.4 is 15.0 Å². The van der Waals surface area contributed by atoms with Gasteiger partial charge in [-0.1, -0.05) is 17.7 Å². The van der Waals surface area contributed by atoms with Gasteiger partial charge in [0, 0.05) is 19.2 Å². The van der Waals surface area contributed by atoms with Crippen LogP contribution in [0.4, 0.5) is 11.5 Å². The van der Waals surface area contributed by atoms with E-state index in [1.807, 2.05) is 36.2 Å². The highest BCUT2D eigenvalue weighted by atomic mass is 16.5. The minimum absolute atomic E-state index is 0.0818. The van der Waals surface area contributed by atoms with Crippen LogP contribution in [0.5, 0.6) is 5.75 Å². The summed E-state index contributed by atoms with van der Waals surface area (Å²) >= 11 is 0. The number of methoxy groups -OCH3 is 1. The molecular formula is C18H25N3O2. The van der Waals surface area contributed by atoms with Crippen LogP contribution in [-0.2, 0) is 0 Å². The molecular weight excluding hydrogens is 290 g/mol. The fraction of sp³-hybridized carbons (Fsp3) is 0.389. The summed E-state index contributed by atoms with van der Waals surface area (Å²) in [5.74, 6) is 1.68. The van der Waals surface area contributed by atoms with Crippen molar-refractivity contribution in [3.8, 4) is 5.75 Å². The van der Waals surface area contributed by atoms with E-state index in [1.54, 1.807) is 13.3 Å². The molecule has 0 saturated heterocycles. The van der Waals surface area contributed by atoms with Crippen LogP contribution in [0.1, 0.15) is 24.1 Å². The molecule has 0 aliphatic heterocycles. The summed E-state index contributed by atoms with van der Waals surface area (Å²) in [5, 5.41) is 12.4. The summed E-state index contributed by atoms with van der Waals surface area (Å²) < 4.78 is 5.45. The molecule has 0 fully saturated rings. The first kappa shape index (κ1) is 17.1. The van der Waals surface area contributed by atoms with Crippen LogP contribution in [0.3, 0.4) is 0 Å². The second-order valence-corrected chi connectivity index (χ2v) is 5.66. The number of hydrogen-bond acceptors (Lipinski definition) is 5. The van der Waals surface area contributed by atoms with Gasteiger partial charge in [-0.3, -0.25) is 0 Å². The molecule has 0 amide bonds. The lowest BCUT2D eigenvalue weighted by Gasteiger charge is -2.20. The largest absolute Gasteiger partial charge is 0.496 e. The van der Waals surface area contributed by atoms with Crippen molar-refractivity contribution in [2.24, 2.45) is 0 Å². The van der Waals surface area contributed by atoms with Crippen LogP contribution in [-0.4, -0.2) is 37.4 Å². The Morgan fingerprint density at radius 1 is 1.30 bits per heavy atom. The fourth-order valence-corrected chi connectivity index (χ4v) is 2.47. The van der Waals surface area contributed by atoms with E-state index < -0.39 is 0 Å². The van der Waals surface area contributed by atoms with Crippen molar-refractivity contribution < 1.29 is 9.84 Å². The summed E-state index contributed by atoms with van der Waals surface area (Å²) in [6.45, 7) is 4.87. The van der Waals surface area contributed by atoms with Gasteiger partial charge in [0.05, 0.1) is 31.6 Å². The molecule has 5 heteroatoms. The van der Waals surface area contributed by atoms with E-state index in [9.17, 15) is 0 Å². The Labute approximate surface area is 137 Å². The SMILES string of the molecule is COc1ccc(C)cc1C(C)Nc1ccc(N(C)CCO)cn1. The monoisotopic (exact) mass is 315 g/mol. The van der Waals surface area contributed by atoms with Gasteiger partial charge in [0.1, 0.15) is 11.6 Å². The van der Waals surface area contributed by atoms with Gasteiger partial charge in [0.25, 0.3) is 0 Å². The van der Waals surface area contributed by atoms with Gasteiger partial charge in [0.2, 0.25) is 0 Å². The molecule has 1 atom stereocenters. The number of benzene rings is 1. The maximum atomic E-state index is 8.98. The van der Waals surface area contributed by atoms with Gasteiger partial charge in [-0.15, -0.1) is 0 Å². The molecule has 1 aromatic heterocycles. The molecule has 2 aromatic rings. The van der Waals surface area contributed by atoms with E-state index in [1.165, 1.54) is 5.56 Å². The Kier molecular flexibility index (Phi) is 5.82. The third kappa shape index (κ3) is 4.36. The van der Waals surface area contributed by atoms with Crippen LogP contribution in [0, 0.1) is 6.92 Å². The van der Waals surface area contributed by atoms with Crippen molar-refractivity contribution in [1.29, 1.82) is 0 Å². The molecule has 23 heavy (non-hydrogen) atoms. The molecule has 1 aromatic carbocycles. The molecule has 124 valence electrons. The molecule has 0 radical (unpaired) electrons. The van der Waals surface area contributed by atoms with Crippen LogP contribution in [0.25, 0.3) is 0 Å². The van der Waals surface area contributed by atoms with E-state index in [4.69, 9.17) is 9.84 Å². The highest BCUT2D eigenvalue weighted by Gasteiger charge is 2.12. The number of aliphatic hydroxyl groups excluding tert-OH is 1. The smallest absolute Gasteiger partial charge is 0.126 e. The molecule has 0 saturated carbocycles. The van der Waals surface area contributed by atoms with E-state index in [0.717, 1.165) is 22.8 Å². The van der Waals surface area contributed by atoms with Crippen molar-refractivity contribution in [1.82, 2.24) is 4.98 Å².